The Morgan fingerprint density at radius 1 is 1.60 bits per heavy atom. The molecule has 0 saturated heterocycles. The van der Waals surface area contributed by atoms with Crippen LogP contribution in [0.2, 0.25) is 0 Å². The molecule has 0 spiro atoms. The van der Waals surface area contributed by atoms with Crippen molar-refractivity contribution in [3.05, 3.63) is 28.8 Å². The van der Waals surface area contributed by atoms with Crippen LogP contribution in [-0.2, 0) is 11.2 Å². The summed E-state index contributed by atoms with van der Waals surface area (Å²) >= 11 is 0. The Labute approximate surface area is 83.6 Å². The van der Waals surface area contributed by atoms with Gasteiger partial charge in [0.15, 0.2) is 0 Å². The number of alkyl halides is 2. The summed E-state index contributed by atoms with van der Waals surface area (Å²) in [6.45, 7) is 1.15. The second-order valence-electron chi connectivity index (χ2n) is 2.98. The third-order valence-corrected chi connectivity index (χ3v) is 1.95. The first-order chi connectivity index (χ1) is 6.93. The molecule has 0 unspecified atom stereocenters. The number of carboxylic acid groups (broad SMARTS) is 1. The molecule has 0 amide bonds. The molecule has 0 aliphatic heterocycles. The van der Waals surface area contributed by atoms with Crippen molar-refractivity contribution in [3.63, 3.8) is 0 Å². The molecule has 1 aromatic rings. The predicted octanol–water partition coefficient (Wildman–Crippen LogP) is 2.09. The van der Waals surface area contributed by atoms with Gasteiger partial charge in [0.2, 0.25) is 5.95 Å². The number of pyridine rings is 1. The van der Waals surface area contributed by atoms with Crippen molar-refractivity contribution in [1.29, 1.82) is 0 Å². The van der Waals surface area contributed by atoms with E-state index >= 15 is 0 Å². The molecule has 0 saturated carbocycles. The second-order valence-corrected chi connectivity index (χ2v) is 2.98. The molecule has 3 nitrogen and oxygen atoms in total. The summed E-state index contributed by atoms with van der Waals surface area (Å²) in [6.07, 6.45) is -2.66. The molecular weight excluding hydrogens is 211 g/mol. The molecular formula is C9H8F3NO2. The first kappa shape index (κ1) is 11.5. The van der Waals surface area contributed by atoms with Crippen molar-refractivity contribution in [2.75, 3.05) is 0 Å². The number of nitrogens with zero attached hydrogens (tertiary/aromatic N) is 1. The number of halogens is 3. The number of carboxylic acids is 1. The van der Waals surface area contributed by atoms with Crippen LogP contribution < -0.4 is 0 Å². The normalized spacial score (nSPS) is 10.7. The van der Waals surface area contributed by atoms with Gasteiger partial charge in [-0.05, 0) is 12.5 Å². The minimum Gasteiger partial charge on any atom is -0.481 e. The van der Waals surface area contributed by atoms with Gasteiger partial charge < -0.3 is 5.11 Å². The summed E-state index contributed by atoms with van der Waals surface area (Å²) in [6, 6.07) is 0. The summed E-state index contributed by atoms with van der Waals surface area (Å²) in [5.74, 6) is -2.26. The molecule has 0 radical (unpaired) electrons. The molecule has 1 rings (SSSR count). The molecule has 1 heterocycles. The highest BCUT2D eigenvalue weighted by Crippen LogP contribution is 2.27. The third kappa shape index (κ3) is 2.45. The van der Waals surface area contributed by atoms with Gasteiger partial charge >= 0.3 is 5.97 Å². The quantitative estimate of drug-likeness (QED) is 0.792. The standard InChI is InChI=1S/C9H8F3NO2/c1-4-7(8(10)11)5(2-6(14)15)3-13-9(4)12/h3,8H,2H2,1H3,(H,14,15). The Bertz CT molecular complexity index is 393. The third-order valence-electron chi connectivity index (χ3n) is 1.95. The largest absolute Gasteiger partial charge is 0.481 e. The van der Waals surface area contributed by atoms with Crippen molar-refractivity contribution in [1.82, 2.24) is 4.98 Å². The SMILES string of the molecule is Cc1c(F)ncc(CC(=O)O)c1C(F)F. The maximum absolute atomic E-state index is 12.9. The molecule has 1 N–H and O–H groups in total. The van der Waals surface area contributed by atoms with E-state index < -0.39 is 30.3 Å². The summed E-state index contributed by atoms with van der Waals surface area (Å²) in [4.78, 5) is 13.6. The molecule has 0 aliphatic carbocycles. The number of carbonyl (C=O) groups is 1. The Balaban J connectivity index is 3.26. The lowest BCUT2D eigenvalue weighted by atomic mass is 10.0. The summed E-state index contributed by atoms with van der Waals surface area (Å²) in [5.41, 5.74) is -1.04. The fourth-order valence-electron chi connectivity index (χ4n) is 1.26. The van der Waals surface area contributed by atoms with Gasteiger partial charge in [0, 0.05) is 17.3 Å². The minimum absolute atomic E-state index is 0.156. The van der Waals surface area contributed by atoms with E-state index in [2.05, 4.69) is 4.98 Å². The van der Waals surface area contributed by atoms with Crippen LogP contribution in [0.3, 0.4) is 0 Å². The number of aromatic nitrogens is 1. The van der Waals surface area contributed by atoms with Crippen LogP contribution in [0.1, 0.15) is 23.1 Å². The van der Waals surface area contributed by atoms with E-state index in [0.717, 1.165) is 13.1 Å². The maximum Gasteiger partial charge on any atom is 0.307 e. The summed E-state index contributed by atoms with van der Waals surface area (Å²) in [5, 5.41) is 8.47. The van der Waals surface area contributed by atoms with Crippen molar-refractivity contribution in [2.45, 2.75) is 19.8 Å². The maximum atomic E-state index is 12.9. The van der Waals surface area contributed by atoms with Crippen molar-refractivity contribution in [3.8, 4) is 0 Å². The van der Waals surface area contributed by atoms with E-state index in [1.165, 1.54) is 0 Å². The van der Waals surface area contributed by atoms with Crippen LogP contribution in [0, 0.1) is 12.9 Å². The van der Waals surface area contributed by atoms with Crippen LogP contribution in [0.4, 0.5) is 13.2 Å². The molecule has 0 atom stereocenters. The first-order valence-electron chi connectivity index (χ1n) is 4.07. The Morgan fingerprint density at radius 2 is 2.20 bits per heavy atom. The van der Waals surface area contributed by atoms with Gasteiger partial charge in [-0.1, -0.05) is 0 Å². The van der Waals surface area contributed by atoms with Gasteiger partial charge in [-0.15, -0.1) is 0 Å². The number of rotatable bonds is 3. The highest BCUT2D eigenvalue weighted by molar-refractivity contribution is 5.70. The van der Waals surface area contributed by atoms with E-state index in [0.29, 0.717) is 0 Å². The van der Waals surface area contributed by atoms with Crippen LogP contribution in [0.5, 0.6) is 0 Å². The lowest BCUT2D eigenvalue weighted by Crippen LogP contribution is -2.08. The van der Waals surface area contributed by atoms with Gasteiger partial charge in [-0.2, -0.15) is 4.39 Å². The lowest BCUT2D eigenvalue weighted by molar-refractivity contribution is -0.136. The molecule has 1 aromatic heterocycles. The lowest BCUT2D eigenvalue weighted by Gasteiger charge is -2.09. The Hall–Kier alpha value is -1.59. The van der Waals surface area contributed by atoms with E-state index in [-0.39, 0.29) is 11.1 Å². The molecule has 0 bridgehead atoms. The van der Waals surface area contributed by atoms with Crippen LogP contribution in [-0.4, -0.2) is 16.1 Å². The van der Waals surface area contributed by atoms with E-state index in [1.807, 2.05) is 0 Å². The fraction of sp³-hybridized carbons (Fsp3) is 0.333. The van der Waals surface area contributed by atoms with Gasteiger partial charge in [-0.25, -0.2) is 13.8 Å². The topological polar surface area (TPSA) is 50.2 Å². The molecule has 15 heavy (non-hydrogen) atoms. The van der Waals surface area contributed by atoms with Gasteiger partial charge in [0.25, 0.3) is 6.43 Å². The number of hydrogen-bond acceptors (Lipinski definition) is 2. The van der Waals surface area contributed by atoms with E-state index in [9.17, 15) is 18.0 Å². The highest BCUT2D eigenvalue weighted by Gasteiger charge is 2.20. The van der Waals surface area contributed by atoms with Crippen LogP contribution >= 0.6 is 0 Å². The molecule has 0 fully saturated rings. The Morgan fingerprint density at radius 3 is 2.67 bits per heavy atom. The highest BCUT2D eigenvalue weighted by atomic mass is 19.3. The zero-order valence-corrected chi connectivity index (χ0v) is 7.80. The van der Waals surface area contributed by atoms with Gasteiger partial charge in [-0.3, -0.25) is 4.79 Å². The molecule has 82 valence electrons. The monoisotopic (exact) mass is 219 g/mol. The summed E-state index contributed by atoms with van der Waals surface area (Å²) < 4.78 is 37.9. The second kappa shape index (κ2) is 4.29. The fourth-order valence-corrected chi connectivity index (χ4v) is 1.26. The zero-order valence-electron chi connectivity index (χ0n) is 7.80. The van der Waals surface area contributed by atoms with Crippen molar-refractivity contribution in [2.24, 2.45) is 0 Å². The number of hydrogen-bond donors (Lipinski definition) is 1. The number of aliphatic carboxylic acids is 1. The predicted molar refractivity (Wildman–Crippen MR) is 45.2 cm³/mol. The van der Waals surface area contributed by atoms with Gasteiger partial charge in [0.05, 0.1) is 6.42 Å². The van der Waals surface area contributed by atoms with Crippen molar-refractivity contribution >= 4 is 5.97 Å². The van der Waals surface area contributed by atoms with Gasteiger partial charge in [0.1, 0.15) is 0 Å². The van der Waals surface area contributed by atoms with E-state index in [4.69, 9.17) is 5.11 Å². The smallest absolute Gasteiger partial charge is 0.307 e. The Kier molecular flexibility index (Phi) is 3.28. The molecule has 0 aromatic carbocycles. The zero-order chi connectivity index (χ0) is 11.6. The molecule has 6 heteroatoms. The molecule has 0 aliphatic rings. The first-order valence-corrected chi connectivity index (χ1v) is 4.07. The van der Waals surface area contributed by atoms with Crippen LogP contribution in [0.25, 0.3) is 0 Å². The average molecular weight is 219 g/mol. The summed E-state index contributed by atoms with van der Waals surface area (Å²) in [7, 11) is 0. The van der Waals surface area contributed by atoms with Crippen molar-refractivity contribution < 1.29 is 23.1 Å². The average Bonchev–Trinajstić information content (AvgIpc) is 2.10. The minimum atomic E-state index is -2.91. The van der Waals surface area contributed by atoms with Crippen LogP contribution in [0.15, 0.2) is 6.20 Å². The van der Waals surface area contributed by atoms with E-state index in [1.54, 1.807) is 0 Å².